The maximum absolute atomic E-state index is 10.9. The van der Waals surface area contributed by atoms with Gasteiger partial charge in [-0.3, -0.25) is 5.32 Å². The number of unbranched alkanes of at least 4 members (excludes halogenated alkanes) is 1. The molecule has 1 N–H and O–H groups in total. The number of piperidine rings is 3. The maximum Gasteiger partial charge on any atom is 0.140 e. The van der Waals surface area contributed by atoms with Crippen LogP contribution in [0.4, 0.5) is 0 Å². The molecule has 0 amide bonds. The number of carbonyl (C=O) groups excluding carboxylic acids is 1. The lowest BCUT2D eigenvalue weighted by molar-refractivity contribution is -0.944. The zero-order chi connectivity index (χ0) is 13.0. The summed E-state index contributed by atoms with van der Waals surface area (Å²) in [5.74, 6) is 0.772. The van der Waals surface area contributed by atoms with Crippen LogP contribution in [0, 0.1) is 5.92 Å². The van der Waals surface area contributed by atoms with Gasteiger partial charge in [0.1, 0.15) is 6.29 Å². The first-order valence-electron chi connectivity index (χ1n) is 7.42. The van der Waals surface area contributed by atoms with Crippen molar-refractivity contribution in [3.63, 3.8) is 0 Å². The predicted molar refractivity (Wildman–Crippen MR) is 74.3 cm³/mol. The Kier molecular flexibility index (Phi) is 4.57. The number of nitrogens with zero attached hydrogens (tertiary/aromatic N) is 1. The van der Waals surface area contributed by atoms with E-state index < -0.39 is 0 Å². The normalized spacial score (nSPS) is 36.3. The van der Waals surface area contributed by atoms with E-state index in [-0.39, 0.29) is 6.04 Å². The topological polar surface area (TPSA) is 29.1 Å². The highest BCUT2D eigenvalue weighted by molar-refractivity contribution is 5.60. The van der Waals surface area contributed by atoms with Gasteiger partial charge in [-0.2, -0.15) is 0 Å². The maximum atomic E-state index is 10.9. The molecule has 102 valence electrons. The number of fused-ring (bicyclic) bond motifs is 3. The second kappa shape index (κ2) is 5.98. The molecule has 0 radical (unpaired) electrons. The summed E-state index contributed by atoms with van der Waals surface area (Å²) < 4.78 is 1.28. The van der Waals surface area contributed by atoms with Crippen molar-refractivity contribution < 1.29 is 9.28 Å². The molecule has 0 spiro atoms. The Hall–Kier alpha value is -0.670. The van der Waals surface area contributed by atoms with Crippen molar-refractivity contribution in [2.24, 2.45) is 5.92 Å². The fourth-order valence-corrected chi connectivity index (χ4v) is 3.69. The van der Waals surface area contributed by atoms with Gasteiger partial charge in [0.05, 0.1) is 38.3 Å². The van der Waals surface area contributed by atoms with Crippen LogP contribution in [-0.2, 0) is 4.79 Å². The molecular formula is C15H27N2O+. The van der Waals surface area contributed by atoms with Crippen molar-refractivity contribution in [1.82, 2.24) is 5.32 Å². The van der Waals surface area contributed by atoms with Gasteiger partial charge in [0, 0.05) is 12.8 Å². The minimum Gasteiger partial charge on any atom is -0.322 e. The van der Waals surface area contributed by atoms with E-state index in [1.807, 2.05) is 0 Å². The molecule has 0 aromatic carbocycles. The van der Waals surface area contributed by atoms with Crippen LogP contribution in [0.15, 0.2) is 12.7 Å². The smallest absolute Gasteiger partial charge is 0.140 e. The first kappa shape index (κ1) is 13.8. The highest BCUT2D eigenvalue weighted by Gasteiger charge is 2.45. The van der Waals surface area contributed by atoms with Crippen LogP contribution in [0.5, 0.6) is 0 Å². The second-order valence-electron chi connectivity index (χ2n) is 6.06. The number of hydrogen-bond acceptors (Lipinski definition) is 2. The molecule has 3 aliphatic rings. The molecule has 2 bridgehead atoms. The number of rotatable bonds is 7. The van der Waals surface area contributed by atoms with Crippen molar-refractivity contribution in [3.05, 3.63) is 12.7 Å². The SMILES string of the molecule is C=CC(C=O)NC1C[N+]2(CCCC)CCC1CC2. The highest BCUT2D eigenvalue weighted by atomic mass is 16.1. The Labute approximate surface area is 111 Å². The van der Waals surface area contributed by atoms with Gasteiger partial charge < -0.3 is 9.28 Å². The van der Waals surface area contributed by atoms with Gasteiger partial charge in [-0.15, -0.1) is 6.58 Å². The van der Waals surface area contributed by atoms with Gasteiger partial charge in [0.2, 0.25) is 0 Å². The van der Waals surface area contributed by atoms with Crippen molar-refractivity contribution >= 4 is 6.29 Å². The van der Waals surface area contributed by atoms with E-state index in [4.69, 9.17) is 0 Å². The summed E-state index contributed by atoms with van der Waals surface area (Å²) in [7, 11) is 0. The molecule has 3 heterocycles. The molecule has 3 aliphatic heterocycles. The second-order valence-corrected chi connectivity index (χ2v) is 6.06. The molecule has 3 heteroatoms. The van der Waals surface area contributed by atoms with Gasteiger partial charge >= 0.3 is 0 Å². The average Bonchev–Trinajstić information content (AvgIpc) is 2.44. The Balaban J connectivity index is 1.97. The van der Waals surface area contributed by atoms with Gasteiger partial charge in [-0.05, 0) is 12.3 Å². The number of aldehydes is 1. The minimum atomic E-state index is -0.165. The van der Waals surface area contributed by atoms with E-state index in [0.717, 1.165) is 12.2 Å². The first-order chi connectivity index (χ1) is 8.73. The molecular weight excluding hydrogens is 224 g/mol. The number of nitrogens with one attached hydrogen (secondary N) is 1. The molecule has 0 aliphatic carbocycles. The van der Waals surface area contributed by atoms with Gasteiger partial charge in [0.25, 0.3) is 0 Å². The van der Waals surface area contributed by atoms with Gasteiger partial charge in [-0.25, -0.2) is 0 Å². The molecule has 0 aromatic heterocycles. The monoisotopic (exact) mass is 251 g/mol. The zero-order valence-corrected chi connectivity index (χ0v) is 11.6. The summed E-state index contributed by atoms with van der Waals surface area (Å²) in [5.41, 5.74) is 0. The van der Waals surface area contributed by atoms with E-state index in [1.54, 1.807) is 6.08 Å². The van der Waals surface area contributed by atoms with E-state index in [1.165, 1.54) is 56.3 Å². The molecule has 3 rings (SSSR count). The van der Waals surface area contributed by atoms with Crippen LogP contribution in [0.1, 0.15) is 32.6 Å². The fourth-order valence-electron chi connectivity index (χ4n) is 3.69. The fraction of sp³-hybridized carbons (Fsp3) is 0.800. The third kappa shape index (κ3) is 2.83. The number of hydrogen-bond donors (Lipinski definition) is 1. The van der Waals surface area contributed by atoms with E-state index in [9.17, 15) is 4.79 Å². The molecule has 0 saturated carbocycles. The van der Waals surface area contributed by atoms with Crippen LogP contribution in [0.3, 0.4) is 0 Å². The summed E-state index contributed by atoms with van der Waals surface area (Å²) in [6.45, 7) is 11.2. The summed E-state index contributed by atoms with van der Waals surface area (Å²) in [6, 6.07) is 0.347. The summed E-state index contributed by atoms with van der Waals surface area (Å²) in [5, 5.41) is 3.49. The highest BCUT2D eigenvalue weighted by Crippen LogP contribution is 2.34. The zero-order valence-electron chi connectivity index (χ0n) is 11.6. The van der Waals surface area contributed by atoms with Crippen LogP contribution >= 0.6 is 0 Å². The Morgan fingerprint density at radius 3 is 2.72 bits per heavy atom. The van der Waals surface area contributed by atoms with Crippen LogP contribution in [0.25, 0.3) is 0 Å². The van der Waals surface area contributed by atoms with E-state index in [2.05, 4.69) is 18.8 Å². The molecule has 3 fully saturated rings. The molecule has 2 unspecified atom stereocenters. The Morgan fingerprint density at radius 2 is 2.17 bits per heavy atom. The Bertz CT molecular complexity index is 287. The van der Waals surface area contributed by atoms with E-state index >= 15 is 0 Å². The van der Waals surface area contributed by atoms with Crippen molar-refractivity contribution in [2.45, 2.75) is 44.7 Å². The van der Waals surface area contributed by atoms with Crippen LogP contribution < -0.4 is 5.32 Å². The average molecular weight is 251 g/mol. The summed E-state index contributed by atoms with van der Waals surface area (Å²) in [6.07, 6.45) is 7.96. The summed E-state index contributed by atoms with van der Waals surface area (Å²) >= 11 is 0. The minimum absolute atomic E-state index is 0.165. The van der Waals surface area contributed by atoms with Crippen molar-refractivity contribution in [2.75, 3.05) is 26.2 Å². The van der Waals surface area contributed by atoms with Crippen molar-refractivity contribution in [1.29, 1.82) is 0 Å². The first-order valence-corrected chi connectivity index (χ1v) is 7.42. The lowest BCUT2D eigenvalue weighted by Gasteiger charge is -2.53. The predicted octanol–water partition coefficient (Wildman–Crippen LogP) is 1.74. The van der Waals surface area contributed by atoms with Crippen LogP contribution in [-0.4, -0.2) is 49.0 Å². The molecule has 3 nitrogen and oxygen atoms in total. The number of quaternary nitrogens is 1. The quantitative estimate of drug-likeness (QED) is 0.424. The van der Waals surface area contributed by atoms with Crippen molar-refractivity contribution in [3.8, 4) is 0 Å². The molecule has 3 saturated heterocycles. The molecule has 2 atom stereocenters. The third-order valence-corrected chi connectivity index (χ3v) is 4.89. The number of carbonyl (C=O) groups is 1. The largest absolute Gasteiger partial charge is 0.322 e. The standard InChI is InChI=1S/C15H27N2O/c1-3-5-8-17-9-6-13(7-10-17)15(11-17)16-14(4-2)12-18/h4,12-16H,2-3,5-11H2,1H3/q+1. The lowest BCUT2D eigenvalue weighted by Crippen LogP contribution is -2.67. The third-order valence-electron chi connectivity index (χ3n) is 4.89. The molecule has 0 aromatic rings. The van der Waals surface area contributed by atoms with E-state index in [0.29, 0.717) is 6.04 Å². The Morgan fingerprint density at radius 1 is 1.44 bits per heavy atom. The van der Waals surface area contributed by atoms with Gasteiger partial charge in [0.15, 0.2) is 0 Å². The lowest BCUT2D eigenvalue weighted by atomic mass is 9.81. The van der Waals surface area contributed by atoms with Crippen LogP contribution in [0.2, 0.25) is 0 Å². The van der Waals surface area contributed by atoms with Gasteiger partial charge in [-0.1, -0.05) is 19.4 Å². The summed E-state index contributed by atoms with van der Waals surface area (Å²) in [4.78, 5) is 10.9. The molecule has 18 heavy (non-hydrogen) atoms.